The van der Waals surface area contributed by atoms with Gasteiger partial charge in [-0.15, -0.1) is 0 Å². The van der Waals surface area contributed by atoms with E-state index in [0.29, 0.717) is 5.88 Å². The number of hydrogen-bond acceptors (Lipinski definition) is 4. The number of nitrogens with zero attached hydrogens (tertiary/aromatic N) is 5. The third-order valence-electron chi connectivity index (χ3n) is 16.6. The van der Waals surface area contributed by atoms with Gasteiger partial charge in [0.2, 0.25) is 0 Å². The number of fused-ring (bicyclic) bond motifs is 10. The zero-order valence-electron chi connectivity index (χ0n) is 46.7. The molecule has 6 nitrogen and oxygen atoms in total. The zero-order valence-corrected chi connectivity index (χ0v) is 49.0. The first-order valence-corrected chi connectivity index (χ1v) is 29.0. The van der Waals surface area contributed by atoms with Crippen molar-refractivity contribution in [2.75, 3.05) is 9.62 Å². The van der Waals surface area contributed by atoms with Crippen LogP contribution in [-0.2, 0) is 35.6 Å². The summed E-state index contributed by atoms with van der Waals surface area (Å²) in [4.78, 5) is 10.5. The number of hydrogen-bond donors (Lipinski definition) is 0. The summed E-state index contributed by atoms with van der Waals surface area (Å²) in [6, 6.07) is 77.9. The van der Waals surface area contributed by atoms with Crippen molar-refractivity contribution in [1.82, 2.24) is 14.1 Å². The molecule has 0 atom stereocenters. The molecule has 11 aromatic rings. The van der Waals surface area contributed by atoms with Crippen LogP contribution in [0.25, 0.3) is 78.0 Å². The van der Waals surface area contributed by atoms with E-state index in [1.807, 2.05) is 0 Å². The summed E-state index contributed by atoms with van der Waals surface area (Å²) in [5.41, 5.74) is 24.3. The second-order valence-corrected chi connectivity index (χ2v) is 25.8. The molecule has 0 fully saturated rings. The summed E-state index contributed by atoms with van der Waals surface area (Å²) in [7, 11) is 0. The van der Waals surface area contributed by atoms with Gasteiger partial charge in [-0.3, -0.25) is 0 Å². The summed E-state index contributed by atoms with van der Waals surface area (Å²) < 4.78 is 13.3. The maximum atomic E-state index is 7.41. The zero-order chi connectivity index (χ0) is 55.0. The fourth-order valence-corrected chi connectivity index (χ4v) is 13.7. The van der Waals surface area contributed by atoms with Crippen LogP contribution >= 0.6 is 0 Å². The number of aromatic nitrogens is 3. The molecule has 0 aliphatic carbocycles. The molecule has 394 valence electrons. The maximum absolute atomic E-state index is 7.41. The number of benzene rings is 9. The van der Waals surface area contributed by atoms with E-state index in [-0.39, 0.29) is 23.2 Å². The average molecular weight is 1220 g/mol. The Morgan fingerprint density at radius 1 is 0.412 bits per heavy atom. The van der Waals surface area contributed by atoms with Crippen molar-refractivity contribution >= 4 is 46.4 Å². The molecule has 0 spiro atoms. The van der Waals surface area contributed by atoms with Crippen molar-refractivity contribution in [3.8, 4) is 78.6 Å². The van der Waals surface area contributed by atoms with Crippen LogP contribution in [0.3, 0.4) is 0 Å². The fraction of sp³-hybridized carbons (Fsp3) is 0.167. The Morgan fingerprint density at radius 2 is 0.950 bits per heavy atom. The Labute approximate surface area is 481 Å². The monoisotopic (exact) mass is 1220 g/mol. The first kappa shape index (κ1) is 50.0. The van der Waals surface area contributed by atoms with Gasteiger partial charge in [0.25, 0.3) is 0 Å². The van der Waals surface area contributed by atoms with E-state index in [1.54, 1.807) is 0 Å². The Morgan fingerprint density at radius 3 is 1.62 bits per heavy atom. The molecule has 0 amide bonds. The van der Waals surface area contributed by atoms with Crippen LogP contribution in [0.5, 0.6) is 11.6 Å². The quantitative estimate of drug-likeness (QED) is 0.149. The van der Waals surface area contributed by atoms with Crippen LogP contribution < -0.4 is 19.8 Å². The number of anilines is 4. The Bertz CT molecular complexity index is 4370. The van der Waals surface area contributed by atoms with Gasteiger partial charge in [0.15, 0.2) is 0 Å². The fourth-order valence-electron chi connectivity index (χ4n) is 12.6. The van der Waals surface area contributed by atoms with Crippen LogP contribution in [0.4, 0.5) is 22.9 Å². The predicted octanol–water partition coefficient (Wildman–Crippen LogP) is 18.2. The van der Waals surface area contributed by atoms with Gasteiger partial charge in [-0.25, -0.2) is 0 Å². The summed E-state index contributed by atoms with van der Waals surface area (Å²) >= 11 is 2.57. The summed E-state index contributed by atoms with van der Waals surface area (Å²) in [5.74, 6) is 2.12. The number of rotatable bonds is 7. The van der Waals surface area contributed by atoms with E-state index >= 15 is 0 Å². The summed E-state index contributed by atoms with van der Waals surface area (Å²) in [6.07, 6.45) is 0. The molecular weight excluding hydrogens is 1160 g/mol. The SMILES string of the molecule is CC(C)(C)c1cc(-c2cccc(-c3ccccc3)c2-n2[c](=[Pt])n(-c3ccc(-c4ccccc4C(C)(C)C)c(Oc4ccc5c(n4)N4B6c7c(cccc7-5)-c5ccccc5N6c5ccccc54)c3)c3ccccc32)cc(C(C)(C)C)c1. The van der Waals surface area contributed by atoms with Crippen LogP contribution in [0, 0.1) is 3.80 Å². The summed E-state index contributed by atoms with van der Waals surface area (Å²) in [5, 5.41) is 0. The van der Waals surface area contributed by atoms with Crippen LogP contribution in [0.15, 0.2) is 212 Å². The molecule has 0 bridgehead atoms. The molecular formula is C72H62BN5OPt. The second-order valence-electron chi connectivity index (χ2n) is 24.8. The van der Waals surface area contributed by atoms with Crippen molar-refractivity contribution < 1.29 is 24.1 Å². The van der Waals surface area contributed by atoms with Crippen LogP contribution in [-0.4, -0.2) is 21.1 Å². The van der Waals surface area contributed by atoms with Crippen molar-refractivity contribution in [3.05, 3.63) is 233 Å². The van der Waals surface area contributed by atoms with E-state index in [0.717, 1.165) is 77.0 Å². The van der Waals surface area contributed by atoms with Gasteiger partial charge in [-0.05, 0) is 17.7 Å². The van der Waals surface area contributed by atoms with Crippen molar-refractivity contribution in [2.45, 2.75) is 78.6 Å². The number of ether oxygens (including phenoxy) is 1. The van der Waals surface area contributed by atoms with Gasteiger partial charge in [0, 0.05) is 11.3 Å². The van der Waals surface area contributed by atoms with E-state index in [9.17, 15) is 0 Å². The Kier molecular flexibility index (Phi) is 11.5. The third kappa shape index (κ3) is 7.94. The number of pyridine rings is 1. The van der Waals surface area contributed by atoms with Gasteiger partial charge >= 0.3 is 413 Å². The Balaban J connectivity index is 0.978. The topological polar surface area (TPSA) is 38.5 Å². The molecule has 0 N–H and O–H groups in total. The number of para-hydroxylation sites is 6. The molecule has 2 aromatic heterocycles. The van der Waals surface area contributed by atoms with Crippen molar-refractivity contribution in [2.24, 2.45) is 0 Å². The Hall–Kier alpha value is -8.25. The normalized spacial score (nSPS) is 13.3. The van der Waals surface area contributed by atoms with E-state index in [1.165, 1.54) is 55.7 Å². The first-order chi connectivity index (χ1) is 38.5. The van der Waals surface area contributed by atoms with Gasteiger partial charge < -0.3 is 0 Å². The molecule has 0 saturated heterocycles. The van der Waals surface area contributed by atoms with Crippen LogP contribution in [0.1, 0.15) is 79.0 Å². The molecule has 0 saturated carbocycles. The number of imidazole rings is 1. The standard InChI is InChI=1S/C72H62BN5O.Pt/c1-70(2,3)48-41-47(42-49(43-48)71(4,5)6)52-28-21-27-51(46-23-11-10-12-24-46)68(52)76-45-75(61-33-17-18-34-62(61)76)50-37-38-55(53-25-13-15-31-59(53)72(7,8)9)65(44-50)79-66-40-39-58-57-30-22-29-56-54-26-14-16-32-60(54)77-63-35-19-20-36-64(63)78(69(58)74-66)73(77)67(56)57;/h10-44H,1-9H3;. The predicted molar refractivity (Wildman–Crippen MR) is 330 cm³/mol. The summed E-state index contributed by atoms with van der Waals surface area (Å²) in [6.45, 7) is 20.7. The van der Waals surface area contributed by atoms with Gasteiger partial charge in [0.1, 0.15) is 0 Å². The van der Waals surface area contributed by atoms with E-state index in [4.69, 9.17) is 9.72 Å². The van der Waals surface area contributed by atoms with Gasteiger partial charge in [-0.1, -0.05) is 42.5 Å². The first-order valence-electron chi connectivity index (χ1n) is 27.9. The van der Waals surface area contributed by atoms with Gasteiger partial charge in [-0.2, -0.15) is 0 Å². The third-order valence-corrected chi connectivity index (χ3v) is 17.6. The molecule has 80 heavy (non-hydrogen) atoms. The average Bonchev–Trinajstić information content (AvgIpc) is 4.16. The molecule has 3 aliphatic heterocycles. The minimum atomic E-state index is -0.141. The van der Waals surface area contributed by atoms with E-state index < -0.39 is 0 Å². The molecule has 9 aromatic carbocycles. The molecule has 5 heterocycles. The molecule has 14 rings (SSSR count). The molecule has 0 radical (unpaired) electrons. The van der Waals surface area contributed by atoms with Crippen molar-refractivity contribution in [3.63, 3.8) is 0 Å². The molecule has 8 heteroatoms. The molecule has 0 unspecified atom stereocenters. The van der Waals surface area contributed by atoms with Gasteiger partial charge in [0.05, 0.1) is 0 Å². The second kappa shape index (κ2) is 18.4. The molecule has 3 aliphatic rings. The van der Waals surface area contributed by atoms with E-state index in [2.05, 4.69) is 313 Å². The minimum absolute atomic E-state index is 0.0580. The van der Waals surface area contributed by atoms with Crippen molar-refractivity contribution in [1.29, 1.82) is 0 Å². The van der Waals surface area contributed by atoms with Crippen LogP contribution in [0.2, 0.25) is 0 Å².